The predicted molar refractivity (Wildman–Crippen MR) is 87.0 cm³/mol. The molecule has 122 valence electrons. The Morgan fingerprint density at radius 3 is 2.79 bits per heavy atom. The van der Waals surface area contributed by atoms with E-state index >= 15 is 0 Å². The van der Waals surface area contributed by atoms with Crippen LogP contribution in [0.2, 0.25) is 0 Å². The number of halogens is 1. The van der Waals surface area contributed by atoms with Crippen molar-refractivity contribution in [2.24, 2.45) is 0 Å². The molecule has 1 aliphatic heterocycles. The van der Waals surface area contributed by atoms with Crippen molar-refractivity contribution in [3.05, 3.63) is 65.5 Å². The molecule has 0 N–H and O–H groups in total. The number of hydrogen-bond donors (Lipinski definition) is 0. The maximum Gasteiger partial charge on any atom is 0.223 e. The third-order valence-corrected chi connectivity index (χ3v) is 4.17. The fourth-order valence-corrected chi connectivity index (χ4v) is 2.89. The van der Waals surface area contributed by atoms with Gasteiger partial charge in [-0.25, -0.2) is 4.39 Å². The first kappa shape index (κ1) is 16.0. The highest BCUT2D eigenvalue weighted by Gasteiger charge is 2.30. The number of benzene rings is 2. The summed E-state index contributed by atoms with van der Waals surface area (Å²) in [5.74, 6) is 0.198. The van der Waals surface area contributed by atoms with Crippen LogP contribution in [0.5, 0.6) is 5.75 Å². The normalized spacial score (nSPS) is 16.9. The number of hydrogen-bond acceptors (Lipinski definition) is 3. The highest BCUT2D eigenvalue weighted by Crippen LogP contribution is 2.27. The zero-order chi connectivity index (χ0) is 16.9. The Morgan fingerprint density at radius 2 is 2.04 bits per heavy atom. The summed E-state index contributed by atoms with van der Waals surface area (Å²) in [7, 11) is 0. The predicted octanol–water partition coefficient (Wildman–Crippen LogP) is 3.09. The van der Waals surface area contributed by atoms with Gasteiger partial charge in [-0.1, -0.05) is 30.3 Å². The number of ether oxygens (including phenoxy) is 1. The standard InChI is InChI=1S/C19H17FN2O2/c20-18-7-6-17(10-15(18)12-21)24-9-8-22-13-16(11-19(22)23)14-4-2-1-3-5-14/h1-7,10,16H,8-9,11,13H2. The van der Waals surface area contributed by atoms with E-state index in [0.29, 0.717) is 31.9 Å². The van der Waals surface area contributed by atoms with Crippen LogP contribution in [-0.2, 0) is 4.79 Å². The number of rotatable bonds is 5. The summed E-state index contributed by atoms with van der Waals surface area (Å²) in [5, 5.41) is 8.81. The van der Waals surface area contributed by atoms with E-state index in [1.165, 1.54) is 23.8 Å². The van der Waals surface area contributed by atoms with Crippen LogP contribution >= 0.6 is 0 Å². The molecule has 2 aromatic rings. The number of nitriles is 1. The van der Waals surface area contributed by atoms with Gasteiger partial charge in [0.05, 0.1) is 12.1 Å². The summed E-state index contributed by atoms with van der Waals surface area (Å²) in [4.78, 5) is 13.9. The van der Waals surface area contributed by atoms with Gasteiger partial charge < -0.3 is 9.64 Å². The molecule has 1 fully saturated rings. The van der Waals surface area contributed by atoms with Crippen molar-refractivity contribution >= 4 is 5.91 Å². The lowest BCUT2D eigenvalue weighted by Crippen LogP contribution is -2.29. The second-order valence-electron chi connectivity index (χ2n) is 5.75. The summed E-state index contributed by atoms with van der Waals surface area (Å²) >= 11 is 0. The van der Waals surface area contributed by atoms with Gasteiger partial charge in [-0.05, 0) is 17.7 Å². The van der Waals surface area contributed by atoms with E-state index in [0.717, 1.165) is 0 Å². The SMILES string of the molecule is N#Cc1cc(OCCN2CC(c3ccccc3)CC2=O)ccc1F. The van der Waals surface area contributed by atoms with Crippen LogP contribution in [0.1, 0.15) is 23.5 Å². The molecule has 1 saturated heterocycles. The number of carbonyl (C=O) groups excluding carboxylic acids is 1. The maximum absolute atomic E-state index is 13.3. The van der Waals surface area contributed by atoms with Gasteiger partial charge in [0, 0.05) is 24.9 Å². The van der Waals surface area contributed by atoms with E-state index in [1.807, 2.05) is 30.3 Å². The monoisotopic (exact) mass is 324 g/mol. The molecule has 0 bridgehead atoms. The average molecular weight is 324 g/mol. The fraction of sp³-hybridized carbons (Fsp3) is 0.263. The lowest BCUT2D eigenvalue weighted by Gasteiger charge is -2.17. The quantitative estimate of drug-likeness (QED) is 0.849. The summed E-state index contributed by atoms with van der Waals surface area (Å²) in [6, 6.07) is 15.8. The van der Waals surface area contributed by atoms with E-state index < -0.39 is 5.82 Å². The topological polar surface area (TPSA) is 53.3 Å². The molecule has 0 saturated carbocycles. The molecule has 1 aliphatic rings. The van der Waals surface area contributed by atoms with Crippen LogP contribution < -0.4 is 4.74 Å². The van der Waals surface area contributed by atoms with Crippen molar-refractivity contribution in [2.75, 3.05) is 19.7 Å². The summed E-state index contributed by atoms with van der Waals surface area (Å²) in [5.41, 5.74) is 1.13. The first-order valence-corrected chi connectivity index (χ1v) is 7.82. The van der Waals surface area contributed by atoms with Crippen LogP contribution in [0.4, 0.5) is 4.39 Å². The highest BCUT2D eigenvalue weighted by atomic mass is 19.1. The average Bonchev–Trinajstić information content (AvgIpc) is 2.98. The summed E-state index contributed by atoms with van der Waals surface area (Å²) in [6.07, 6.45) is 0.513. The third-order valence-electron chi connectivity index (χ3n) is 4.17. The van der Waals surface area contributed by atoms with Gasteiger partial charge in [-0.15, -0.1) is 0 Å². The van der Waals surface area contributed by atoms with Gasteiger partial charge in [0.25, 0.3) is 0 Å². The smallest absolute Gasteiger partial charge is 0.223 e. The maximum atomic E-state index is 13.3. The van der Waals surface area contributed by atoms with Crippen molar-refractivity contribution in [2.45, 2.75) is 12.3 Å². The number of nitrogens with zero attached hydrogens (tertiary/aromatic N) is 2. The Hall–Kier alpha value is -2.87. The lowest BCUT2D eigenvalue weighted by atomic mass is 9.99. The lowest BCUT2D eigenvalue weighted by molar-refractivity contribution is -0.128. The van der Waals surface area contributed by atoms with Crippen LogP contribution in [0, 0.1) is 17.1 Å². The van der Waals surface area contributed by atoms with E-state index in [2.05, 4.69) is 0 Å². The van der Waals surface area contributed by atoms with Crippen molar-refractivity contribution in [1.82, 2.24) is 4.90 Å². The van der Waals surface area contributed by atoms with E-state index in [4.69, 9.17) is 10.00 Å². The van der Waals surface area contributed by atoms with Crippen molar-refractivity contribution in [3.63, 3.8) is 0 Å². The molecule has 1 atom stereocenters. The minimum atomic E-state index is -0.565. The second kappa shape index (κ2) is 7.14. The Labute approximate surface area is 140 Å². The molecule has 1 heterocycles. The molecule has 1 amide bonds. The number of carbonyl (C=O) groups is 1. The Kier molecular flexibility index (Phi) is 4.76. The van der Waals surface area contributed by atoms with E-state index in [9.17, 15) is 9.18 Å². The summed E-state index contributed by atoms with van der Waals surface area (Å²) < 4.78 is 18.8. The molecule has 4 nitrogen and oxygen atoms in total. The second-order valence-corrected chi connectivity index (χ2v) is 5.75. The molecule has 0 radical (unpaired) electrons. The van der Waals surface area contributed by atoms with Gasteiger partial charge in [-0.2, -0.15) is 5.26 Å². The van der Waals surface area contributed by atoms with Crippen LogP contribution in [0.15, 0.2) is 48.5 Å². The van der Waals surface area contributed by atoms with E-state index in [-0.39, 0.29) is 17.4 Å². The van der Waals surface area contributed by atoms with Gasteiger partial charge >= 0.3 is 0 Å². The van der Waals surface area contributed by atoms with Crippen molar-refractivity contribution in [3.8, 4) is 11.8 Å². The van der Waals surface area contributed by atoms with Crippen LogP contribution in [-0.4, -0.2) is 30.5 Å². The molecule has 2 aromatic carbocycles. The molecule has 5 heteroatoms. The fourth-order valence-electron chi connectivity index (χ4n) is 2.89. The Morgan fingerprint density at radius 1 is 1.25 bits per heavy atom. The van der Waals surface area contributed by atoms with E-state index in [1.54, 1.807) is 11.0 Å². The Balaban J connectivity index is 1.54. The molecule has 24 heavy (non-hydrogen) atoms. The molecule has 3 rings (SSSR count). The first-order chi connectivity index (χ1) is 11.7. The van der Waals surface area contributed by atoms with Gasteiger partial charge in [-0.3, -0.25) is 4.79 Å². The van der Waals surface area contributed by atoms with Crippen molar-refractivity contribution < 1.29 is 13.9 Å². The Bertz CT molecular complexity index is 771. The molecule has 0 aromatic heterocycles. The molecule has 0 aliphatic carbocycles. The van der Waals surface area contributed by atoms with Crippen LogP contribution in [0.25, 0.3) is 0 Å². The van der Waals surface area contributed by atoms with Gasteiger partial charge in [0.15, 0.2) is 0 Å². The molecule has 0 spiro atoms. The zero-order valence-corrected chi connectivity index (χ0v) is 13.1. The zero-order valence-electron chi connectivity index (χ0n) is 13.1. The third kappa shape index (κ3) is 3.54. The first-order valence-electron chi connectivity index (χ1n) is 7.82. The molecule has 1 unspecified atom stereocenters. The number of likely N-dealkylation sites (tertiary alicyclic amines) is 1. The van der Waals surface area contributed by atoms with Gasteiger partial charge in [0.1, 0.15) is 24.2 Å². The molecular weight excluding hydrogens is 307 g/mol. The largest absolute Gasteiger partial charge is 0.492 e. The highest BCUT2D eigenvalue weighted by molar-refractivity contribution is 5.79. The minimum Gasteiger partial charge on any atom is -0.492 e. The summed E-state index contributed by atoms with van der Waals surface area (Å²) in [6.45, 7) is 1.46. The molecular formula is C19H17FN2O2. The van der Waals surface area contributed by atoms with Gasteiger partial charge in [0.2, 0.25) is 5.91 Å². The minimum absolute atomic E-state index is 0.0473. The van der Waals surface area contributed by atoms with Crippen LogP contribution in [0.3, 0.4) is 0 Å². The number of amides is 1. The van der Waals surface area contributed by atoms with Crippen molar-refractivity contribution in [1.29, 1.82) is 5.26 Å².